The first-order valence-electron chi connectivity index (χ1n) is 11.8. The summed E-state index contributed by atoms with van der Waals surface area (Å²) in [5, 5.41) is 5.61. The maximum Gasteiger partial charge on any atom is 0.0243 e. The van der Waals surface area contributed by atoms with Crippen molar-refractivity contribution in [3.63, 3.8) is 0 Å². The van der Waals surface area contributed by atoms with Gasteiger partial charge in [-0.05, 0) is 57.9 Å². The van der Waals surface area contributed by atoms with Gasteiger partial charge >= 0.3 is 0 Å². The first kappa shape index (κ1) is 19.4. The maximum atomic E-state index is 2.44. The van der Waals surface area contributed by atoms with E-state index in [4.69, 9.17) is 0 Å². The SMILES string of the molecule is CCCC(c1cccc2ccccc12)(c1cccc2ccccc12)C1CCCCC1. The average Bonchev–Trinajstić information content (AvgIpc) is 2.83. The Morgan fingerprint density at radius 1 is 0.633 bits per heavy atom. The van der Waals surface area contributed by atoms with Gasteiger partial charge in [-0.3, -0.25) is 0 Å². The molecule has 152 valence electrons. The van der Waals surface area contributed by atoms with E-state index in [1.165, 1.54) is 66.5 Å². The van der Waals surface area contributed by atoms with Crippen LogP contribution in [0.2, 0.25) is 0 Å². The lowest BCUT2D eigenvalue weighted by atomic mass is 9.58. The predicted molar refractivity (Wildman–Crippen MR) is 130 cm³/mol. The van der Waals surface area contributed by atoms with Gasteiger partial charge in [0.2, 0.25) is 0 Å². The summed E-state index contributed by atoms with van der Waals surface area (Å²) in [6, 6.07) is 32.0. The van der Waals surface area contributed by atoms with E-state index in [1.807, 2.05) is 0 Å². The molecule has 0 heteroatoms. The second kappa shape index (κ2) is 8.26. The second-order valence-electron chi connectivity index (χ2n) is 9.11. The number of fused-ring (bicyclic) bond motifs is 2. The molecule has 1 aliphatic rings. The van der Waals surface area contributed by atoms with Gasteiger partial charge in [0.05, 0.1) is 0 Å². The van der Waals surface area contributed by atoms with Gasteiger partial charge in [-0.2, -0.15) is 0 Å². The van der Waals surface area contributed by atoms with Crippen molar-refractivity contribution in [2.45, 2.75) is 57.3 Å². The van der Waals surface area contributed by atoms with Crippen molar-refractivity contribution in [3.05, 3.63) is 96.1 Å². The van der Waals surface area contributed by atoms with E-state index >= 15 is 0 Å². The van der Waals surface area contributed by atoms with E-state index in [-0.39, 0.29) is 5.41 Å². The molecule has 1 fully saturated rings. The van der Waals surface area contributed by atoms with Crippen molar-refractivity contribution >= 4 is 21.5 Å². The molecule has 0 N–H and O–H groups in total. The number of rotatable bonds is 5. The van der Waals surface area contributed by atoms with Crippen molar-refractivity contribution in [2.24, 2.45) is 5.92 Å². The molecular weight excluding hydrogens is 360 g/mol. The van der Waals surface area contributed by atoms with Crippen molar-refractivity contribution in [3.8, 4) is 0 Å². The molecule has 0 aromatic heterocycles. The van der Waals surface area contributed by atoms with Gasteiger partial charge in [0.1, 0.15) is 0 Å². The Labute approximate surface area is 180 Å². The molecule has 0 saturated heterocycles. The molecule has 1 aliphatic carbocycles. The van der Waals surface area contributed by atoms with Crippen LogP contribution in [-0.4, -0.2) is 0 Å². The molecule has 0 aliphatic heterocycles. The van der Waals surface area contributed by atoms with Crippen LogP contribution in [0.15, 0.2) is 84.9 Å². The van der Waals surface area contributed by atoms with E-state index in [1.54, 1.807) is 11.1 Å². The van der Waals surface area contributed by atoms with E-state index < -0.39 is 0 Å². The Morgan fingerprint density at radius 2 is 1.13 bits per heavy atom. The van der Waals surface area contributed by atoms with E-state index in [9.17, 15) is 0 Å². The minimum atomic E-state index is 0.0664. The van der Waals surface area contributed by atoms with E-state index in [0.717, 1.165) is 0 Å². The zero-order valence-electron chi connectivity index (χ0n) is 18.1. The summed E-state index contributed by atoms with van der Waals surface area (Å²) in [7, 11) is 0. The monoisotopic (exact) mass is 392 g/mol. The largest absolute Gasteiger partial charge is 0.0653 e. The number of hydrogen-bond donors (Lipinski definition) is 0. The highest BCUT2D eigenvalue weighted by atomic mass is 14.5. The summed E-state index contributed by atoms with van der Waals surface area (Å²) in [5.74, 6) is 0.697. The van der Waals surface area contributed by atoms with Crippen molar-refractivity contribution < 1.29 is 0 Å². The molecule has 0 heterocycles. The first-order chi connectivity index (χ1) is 14.8. The van der Waals surface area contributed by atoms with Gasteiger partial charge in [-0.1, -0.05) is 118 Å². The van der Waals surface area contributed by atoms with Crippen molar-refractivity contribution in [2.75, 3.05) is 0 Å². The summed E-state index contributed by atoms with van der Waals surface area (Å²) in [6.07, 6.45) is 9.21. The minimum Gasteiger partial charge on any atom is -0.0653 e. The van der Waals surface area contributed by atoms with Crippen LogP contribution in [0.25, 0.3) is 21.5 Å². The van der Waals surface area contributed by atoms with Crippen LogP contribution in [0.4, 0.5) is 0 Å². The second-order valence-corrected chi connectivity index (χ2v) is 9.11. The third-order valence-corrected chi connectivity index (χ3v) is 7.49. The molecule has 0 amide bonds. The highest BCUT2D eigenvalue weighted by molar-refractivity contribution is 5.91. The lowest BCUT2D eigenvalue weighted by Gasteiger charge is -2.45. The summed E-state index contributed by atoms with van der Waals surface area (Å²) in [5.41, 5.74) is 3.16. The minimum absolute atomic E-state index is 0.0664. The zero-order valence-corrected chi connectivity index (χ0v) is 18.1. The predicted octanol–water partition coefficient (Wildman–Crippen LogP) is 8.66. The summed E-state index contributed by atoms with van der Waals surface area (Å²) >= 11 is 0. The quantitative estimate of drug-likeness (QED) is 0.319. The first-order valence-corrected chi connectivity index (χ1v) is 11.8. The van der Waals surface area contributed by atoms with Gasteiger partial charge in [-0.25, -0.2) is 0 Å². The molecular formula is C30H32. The number of benzene rings is 4. The molecule has 0 atom stereocenters. The van der Waals surface area contributed by atoms with Crippen LogP contribution in [-0.2, 0) is 5.41 Å². The lowest BCUT2D eigenvalue weighted by molar-refractivity contribution is 0.227. The fraction of sp³-hybridized carbons (Fsp3) is 0.333. The van der Waals surface area contributed by atoms with Crippen LogP contribution in [0.1, 0.15) is 63.0 Å². The van der Waals surface area contributed by atoms with E-state index in [0.29, 0.717) is 5.92 Å². The molecule has 0 nitrogen and oxygen atoms in total. The lowest BCUT2D eigenvalue weighted by Crippen LogP contribution is -2.38. The van der Waals surface area contributed by atoms with Crippen LogP contribution in [0.3, 0.4) is 0 Å². The van der Waals surface area contributed by atoms with Crippen molar-refractivity contribution in [1.29, 1.82) is 0 Å². The molecule has 0 spiro atoms. The summed E-state index contributed by atoms with van der Waals surface area (Å²) in [4.78, 5) is 0. The molecule has 0 radical (unpaired) electrons. The van der Waals surface area contributed by atoms with Crippen LogP contribution < -0.4 is 0 Å². The standard InChI is InChI=1S/C30H32/c1-2-22-30(25-16-4-3-5-17-25,28-20-10-14-23-12-6-8-18-26(23)28)29-21-11-15-24-13-7-9-19-27(24)29/h6-15,18-21,25H,2-5,16-17,22H2,1H3. The van der Waals surface area contributed by atoms with Gasteiger partial charge in [0.25, 0.3) is 0 Å². The fourth-order valence-electron chi connectivity index (χ4n) is 6.28. The van der Waals surface area contributed by atoms with Crippen LogP contribution in [0.5, 0.6) is 0 Å². The topological polar surface area (TPSA) is 0 Å². The fourth-order valence-corrected chi connectivity index (χ4v) is 6.28. The summed E-state index contributed by atoms with van der Waals surface area (Å²) in [6.45, 7) is 2.37. The Hall–Kier alpha value is -2.60. The molecule has 4 aromatic carbocycles. The Balaban J connectivity index is 1.87. The molecule has 0 unspecified atom stereocenters. The Kier molecular flexibility index (Phi) is 5.34. The van der Waals surface area contributed by atoms with Gasteiger partial charge in [0, 0.05) is 5.41 Å². The number of hydrogen-bond acceptors (Lipinski definition) is 0. The van der Waals surface area contributed by atoms with Crippen molar-refractivity contribution in [1.82, 2.24) is 0 Å². The Morgan fingerprint density at radius 3 is 1.67 bits per heavy atom. The smallest absolute Gasteiger partial charge is 0.0243 e. The average molecular weight is 393 g/mol. The Bertz CT molecular complexity index is 1060. The molecule has 0 bridgehead atoms. The van der Waals surface area contributed by atoms with Gasteiger partial charge in [-0.15, -0.1) is 0 Å². The molecule has 4 aromatic rings. The van der Waals surface area contributed by atoms with Gasteiger partial charge in [0.15, 0.2) is 0 Å². The molecule has 30 heavy (non-hydrogen) atoms. The highest BCUT2D eigenvalue weighted by Crippen LogP contribution is 2.52. The normalized spacial score (nSPS) is 15.6. The van der Waals surface area contributed by atoms with Gasteiger partial charge < -0.3 is 0 Å². The third-order valence-electron chi connectivity index (χ3n) is 7.49. The zero-order chi connectivity index (χ0) is 20.4. The van der Waals surface area contributed by atoms with Crippen LogP contribution >= 0.6 is 0 Å². The van der Waals surface area contributed by atoms with Crippen LogP contribution in [0, 0.1) is 5.92 Å². The third kappa shape index (κ3) is 3.14. The maximum absolute atomic E-state index is 2.44. The summed E-state index contributed by atoms with van der Waals surface area (Å²) < 4.78 is 0. The van der Waals surface area contributed by atoms with E-state index in [2.05, 4.69) is 91.9 Å². The molecule has 1 saturated carbocycles. The highest BCUT2D eigenvalue weighted by Gasteiger charge is 2.43. The molecule has 5 rings (SSSR count).